The van der Waals surface area contributed by atoms with Crippen LogP contribution in [0.25, 0.3) is 11.3 Å². The number of nitrogens with zero attached hydrogens (tertiary/aromatic N) is 3. The highest BCUT2D eigenvalue weighted by Gasteiger charge is 2.16. The number of benzene rings is 1. The molecule has 2 N–H and O–H groups in total. The Labute approximate surface area is 180 Å². The van der Waals surface area contributed by atoms with Gasteiger partial charge in [-0.2, -0.15) is 4.98 Å². The molecular weight excluding hydrogens is 426 g/mol. The minimum Gasteiger partial charge on any atom is -0.351 e. The average Bonchev–Trinajstić information content (AvgIpc) is 2.72. The first-order chi connectivity index (χ1) is 14.1. The van der Waals surface area contributed by atoms with Crippen LogP contribution in [-0.4, -0.2) is 21.0 Å². The molecule has 5 nitrogen and oxygen atoms in total. The lowest BCUT2D eigenvalue weighted by molar-refractivity contribution is 0.461. The van der Waals surface area contributed by atoms with Crippen molar-refractivity contribution in [3.63, 3.8) is 0 Å². The van der Waals surface area contributed by atoms with Gasteiger partial charge in [-0.15, -0.1) is 0 Å². The Morgan fingerprint density at radius 3 is 2.45 bits per heavy atom. The third-order valence-electron chi connectivity index (χ3n) is 5.37. The Kier molecular flexibility index (Phi) is 6.09. The summed E-state index contributed by atoms with van der Waals surface area (Å²) < 4.78 is 1.08. The molecule has 0 bridgehead atoms. The molecule has 0 spiro atoms. The first-order valence-corrected chi connectivity index (χ1v) is 11.0. The Bertz CT molecular complexity index is 961. The fourth-order valence-corrected chi connectivity index (χ4v) is 4.59. The summed E-state index contributed by atoms with van der Waals surface area (Å²) in [7, 11) is 0. The molecule has 1 saturated carbocycles. The van der Waals surface area contributed by atoms with E-state index < -0.39 is 0 Å². The smallest absolute Gasteiger partial charge is 0.225 e. The second-order valence-corrected chi connectivity index (χ2v) is 8.64. The van der Waals surface area contributed by atoms with Gasteiger partial charge in [-0.25, -0.2) is 4.98 Å². The molecule has 1 aliphatic rings. The first-order valence-electron chi connectivity index (χ1n) is 10.2. The van der Waals surface area contributed by atoms with E-state index in [2.05, 4.69) is 57.5 Å². The van der Waals surface area contributed by atoms with E-state index in [4.69, 9.17) is 9.97 Å². The van der Waals surface area contributed by atoms with Gasteiger partial charge in [0.1, 0.15) is 5.82 Å². The van der Waals surface area contributed by atoms with Gasteiger partial charge in [-0.1, -0.05) is 35.2 Å². The zero-order valence-electron chi connectivity index (χ0n) is 16.9. The number of nitrogens with one attached hydrogen (secondary N) is 2. The van der Waals surface area contributed by atoms with Gasteiger partial charge in [0.25, 0.3) is 0 Å². The summed E-state index contributed by atoms with van der Waals surface area (Å²) in [6.07, 6.45) is 9.82. The van der Waals surface area contributed by atoms with E-state index >= 15 is 0 Å². The maximum atomic E-state index is 4.79. The van der Waals surface area contributed by atoms with Crippen molar-refractivity contribution >= 4 is 33.4 Å². The Morgan fingerprint density at radius 1 is 1.00 bits per heavy atom. The summed E-state index contributed by atoms with van der Waals surface area (Å²) >= 11 is 3.57. The minimum atomic E-state index is 0.442. The van der Waals surface area contributed by atoms with Gasteiger partial charge in [-0.05, 0) is 62.1 Å². The topological polar surface area (TPSA) is 62.7 Å². The van der Waals surface area contributed by atoms with E-state index in [0.29, 0.717) is 12.0 Å². The standard InChI is InChI=1S/C23H26BrN5/c1-15-11-18(24)12-16(2)22(15)28-21-13-20(17-7-6-10-25-14-17)27-23(29-21)26-19-8-4-3-5-9-19/h6-7,10-14,19H,3-5,8-9H2,1-2H3,(H2,26,27,28,29). The van der Waals surface area contributed by atoms with E-state index in [1.54, 1.807) is 6.20 Å². The molecule has 1 aromatic carbocycles. The van der Waals surface area contributed by atoms with Crippen molar-refractivity contribution in [3.8, 4) is 11.3 Å². The van der Waals surface area contributed by atoms with Crippen molar-refractivity contribution in [3.05, 3.63) is 58.3 Å². The molecule has 2 aromatic heterocycles. The van der Waals surface area contributed by atoms with Crippen LogP contribution in [0.1, 0.15) is 43.2 Å². The number of anilines is 3. The molecule has 6 heteroatoms. The van der Waals surface area contributed by atoms with E-state index in [0.717, 1.165) is 27.2 Å². The van der Waals surface area contributed by atoms with Gasteiger partial charge in [0, 0.05) is 40.2 Å². The normalized spacial score (nSPS) is 14.6. The third-order valence-corrected chi connectivity index (χ3v) is 5.83. The lowest BCUT2D eigenvalue weighted by Gasteiger charge is -2.23. The number of pyridine rings is 1. The number of hydrogen-bond acceptors (Lipinski definition) is 5. The second-order valence-electron chi connectivity index (χ2n) is 7.72. The van der Waals surface area contributed by atoms with Crippen LogP contribution in [0, 0.1) is 13.8 Å². The van der Waals surface area contributed by atoms with Crippen LogP contribution in [0.3, 0.4) is 0 Å². The predicted molar refractivity (Wildman–Crippen MR) is 123 cm³/mol. The van der Waals surface area contributed by atoms with E-state index in [1.165, 1.54) is 43.2 Å². The first kappa shape index (κ1) is 19.8. The highest BCUT2D eigenvalue weighted by molar-refractivity contribution is 9.10. The fourth-order valence-electron chi connectivity index (χ4n) is 3.90. The zero-order valence-corrected chi connectivity index (χ0v) is 18.5. The summed E-state index contributed by atoms with van der Waals surface area (Å²) in [5, 5.41) is 7.09. The summed E-state index contributed by atoms with van der Waals surface area (Å²) in [6.45, 7) is 4.20. The zero-order chi connectivity index (χ0) is 20.2. The van der Waals surface area contributed by atoms with Crippen molar-refractivity contribution < 1.29 is 0 Å². The van der Waals surface area contributed by atoms with Crippen molar-refractivity contribution in [1.29, 1.82) is 0 Å². The number of rotatable bonds is 5. The van der Waals surface area contributed by atoms with Crippen molar-refractivity contribution in [2.75, 3.05) is 10.6 Å². The minimum absolute atomic E-state index is 0.442. The van der Waals surface area contributed by atoms with Crippen LogP contribution >= 0.6 is 15.9 Å². The maximum absolute atomic E-state index is 4.79. The van der Waals surface area contributed by atoms with Crippen LogP contribution in [0.15, 0.2) is 47.2 Å². The van der Waals surface area contributed by atoms with Crippen LogP contribution in [0.5, 0.6) is 0 Å². The number of aromatic nitrogens is 3. The van der Waals surface area contributed by atoms with Gasteiger partial charge in [0.15, 0.2) is 0 Å². The fraction of sp³-hybridized carbons (Fsp3) is 0.348. The monoisotopic (exact) mass is 451 g/mol. The van der Waals surface area contributed by atoms with E-state index in [-0.39, 0.29) is 0 Å². The lowest BCUT2D eigenvalue weighted by atomic mass is 9.96. The number of halogens is 1. The summed E-state index contributed by atoms with van der Waals surface area (Å²) in [5.74, 6) is 1.46. The maximum Gasteiger partial charge on any atom is 0.225 e. The Hall–Kier alpha value is -2.47. The van der Waals surface area contributed by atoms with Crippen molar-refractivity contribution in [1.82, 2.24) is 15.0 Å². The molecule has 0 saturated heterocycles. The van der Waals surface area contributed by atoms with Gasteiger partial charge < -0.3 is 10.6 Å². The van der Waals surface area contributed by atoms with Crippen LogP contribution in [-0.2, 0) is 0 Å². The molecule has 0 radical (unpaired) electrons. The molecule has 2 heterocycles. The largest absolute Gasteiger partial charge is 0.351 e. The summed E-state index contributed by atoms with van der Waals surface area (Å²) in [5.41, 5.74) is 5.25. The molecule has 4 rings (SSSR count). The highest BCUT2D eigenvalue weighted by atomic mass is 79.9. The van der Waals surface area contributed by atoms with Gasteiger partial charge >= 0.3 is 0 Å². The van der Waals surface area contributed by atoms with Gasteiger partial charge in [0.05, 0.1) is 5.69 Å². The third kappa shape index (κ3) is 4.93. The lowest BCUT2D eigenvalue weighted by Crippen LogP contribution is -2.23. The molecule has 29 heavy (non-hydrogen) atoms. The molecule has 3 aromatic rings. The van der Waals surface area contributed by atoms with E-state index in [1.807, 2.05) is 24.4 Å². The Morgan fingerprint density at radius 2 is 1.76 bits per heavy atom. The molecule has 0 atom stereocenters. The highest BCUT2D eigenvalue weighted by Crippen LogP contribution is 2.30. The van der Waals surface area contributed by atoms with Crippen LogP contribution in [0.2, 0.25) is 0 Å². The van der Waals surface area contributed by atoms with Crippen molar-refractivity contribution in [2.24, 2.45) is 0 Å². The molecule has 0 unspecified atom stereocenters. The van der Waals surface area contributed by atoms with Gasteiger partial charge in [0.2, 0.25) is 5.95 Å². The van der Waals surface area contributed by atoms with E-state index in [9.17, 15) is 0 Å². The summed E-state index contributed by atoms with van der Waals surface area (Å²) in [6, 6.07) is 10.6. The molecule has 0 aliphatic heterocycles. The SMILES string of the molecule is Cc1cc(Br)cc(C)c1Nc1cc(-c2cccnc2)nc(NC2CCCCC2)n1. The molecular formula is C23H26BrN5. The second kappa shape index (κ2) is 8.91. The molecule has 150 valence electrons. The van der Waals surface area contributed by atoms with Crippen LogP contribution < -0.4 is 10.6 Å². The van der Waals surface area contributed by atoms with Crippen molar-refractivity contribution in [2.45, 2.75) is 52.0 Å². The molecule has 1 fully saturated rings. The average molecular weight is 452 g/mol. The Balaban J connectivity index is 1.69. The van der Waals surface area contributed by atoms with Crippen LogP contribution in [0.4, 0.5) is 17.5 Å². The predicted octanol–water partition coefficient (Wildman–Crippen LogP) is 6.41. The quantitative estimate of drug-likeness (QED) is 0.469. The van der Waals surface area contributed by atoms with Gasteiger partial charge in [-0.3, -0.25) is 4.98 Å². The number of hydrogen-bond donors (Lipinski definition) is 2. The molecule has 0 amide bonds. The number of aryl methyl sites for hydroxylation is 2. The summed E-state index contributed by atoms with van der Waals surface area (Å²) in [4.78, 5) is 13.8. The molecule has 1 aliphatic carbocycles.